The average molecular weight is 227 g/mol. The van der Waals surface area contributed by atoms with Crippen LogP contribution in [0.4, 0.5) is 0 Å². The Morgan fingerprint density at radius 1 is 1.44 bits per heavy atom. The fraction of sp³-hybridized carbons (Fsp3) is 0.833. The van der Waals surface area contributed by atoms with Gasteiger partial charge in [0, 0.05) is 6.42 Å². The Bertz CT molecular complexity index is 263. The van der Waals surface area contributed by atoms with Crippen molar-refractivity contribution in [1.29, 1.82) is 0 Å². The standard InChI is InChI=1S/C12H21NO3/c1-4-10-5-9(14)6-13-12(8(2)3)11(15)7-16-10/h8,10,12-13H,4-7H2,1-3H3. The molecule has 4 heteroatoms. The van der Waals surface area contributed by atoms with Gasteiger partial charge in [0.1, 0.15) is 12.4 Å². The second kappa shape index (κ2) is 6.11. The molecule has 16 heavy (non-hydrogen) atoms. The van der Waals surface area contributed by atoms with E-state index in [2.05, 4.69) is 5.32 Å². The monoisotopic (exact) mass is 227 g/mol. The molecule has 0 saturated carbocycles. The molecule has 0 spiro atoms. The summed E-state index contributed by atoms with van der Waals surface area (Å²) in [6.07, 6.45) is 1.07. The Balaban J connectivity index is 2.69. The summed E-state index contributed by atoms with van der Waals surface area (Å²) in [5, 5.41) is 3.03. The zero-order valence-corrected chi connectivity index (χ0v) is 10.3. The van der Waals surface area contributed by atoms with Gasteiger partial charge in [-0.15, -0.1) is 0 Å². The Labute approximate surface area is 96.7 Å². The number of nitrogens with one attached hydrogen (secondary N) is 1. The van der Waals surface area contributed by atoms with Crippen LogP contribution in [-0.4, -0.2) is 36.9 Å². The minimum Gasteiger partial charge on any atom is -0.370 e. The summed E-state index contributed by atoms with van der Waals surface area (Å²) >= 11 is 0. The normalized spacial score (nSPS) is 28.8. The summed E-state index contributed by atoms with van der Waals surface area (Å²) in [4.78, 5) is 23.4. The number of hydrogen-bond donors (Lipinski definition) is 1. The first-order valence-corrected chi connectivity index (χ1v) is 5.94. The van der Waals surface area contributed by atoms with Gasteiger partial charge in [-0.2, -0.15) is 0 Å². The van der Waals surface area contributed by atoms with Gasteiger partial charge in [0.05, 0.1) is 18.7 Å². The molecule has 0 aliphatic carbocycles. The minimum absolute atomic E-state index is 0.0446. The summed E-state index contributed by atoms with van der Waals surface area (Å²) < 4.78 is 5.46. The Kier molecular flexibility index (Phi) is 5.09. The molecule has 1 saturated heterocycles. The van der Waals surface area contributed by atoms with Gasteiger partial charge in [0.15, 0.2) is 5.78 Å². The molecule has 0 aromatic heterocycles. The van der Waals surface area contributed by atoms with E-state index in [1.54, 1.807) is 0 Å². The van der Waals surface area contributed by atoms with Crippen molar-refractivity contribution in [2.24, 2.45) is 5.92 Å². The second-order valence-electron chi connectivity index (χ2n) is 4.65. The third-order valence-corrected chi connectivity index (χ3v) is 2.90. The average Bonchev–Trinajstić information content (AvgIpc) is 2.29. The molecule has 0 aromatic carbocycles. The molecule has 1 aliphatic rings. The van der Waals surface area contributed by atoms with Gasteiger partial charge in [0.25, 0.3) is 0 Å². The topological polar surface area (TPSA) is 55.4 Å². The Hall–Kier alpha value is -0.740. The smallest absolute Gasteiger partial charge is 0.175 e. The number of carbonyl (C=O) groups excluding carboxylic acids is 2. The predicted octanol–water partition coefficient (Wildman–Crippen LogP) is 0.938. The van der Waals surface area contributed by atoms with Crippen molar-refractivity contribution in [3.05, 3.63) is 0 Å². The van der Waals surface area contributed by atoms with Crippen molar-refractivity contribution >= 4 is 11.6 Å². The first-order valence-electron chi connectivity index (χ1n) is 5.94. The van der Waals surface area contributed by atoms with Crippen molar-refractivity contribution < 1.29 is 14.3 Å². The van der Waals surface area contributed by atoms with Crippen LogP contribution >= 0.6 is 0 Å². The van der Waals surface area contributed by atoms with Crippen LogP contribution in [-0.2, 0) is 14.3 Å². The lowest BCUT2D eigenvalue weighted by Crippen LogP contribution is -2.44. The van der Waals surface area contributed by atoms with Crippen LogP contribution < -0.4 is 5.32 Å². The van der Waals surface area contributed by atoms with Crippen molar-refractivity contribution in [1.82, 2.24) is 5.32 Å². The summed E-state index contributed by atoms with van der Waals surface area (Å²) in [5.74, 6) is 0.345. The minimum atomic E-state index is -0.264. The van der Waals surface area contributed by atoms with E-state index in [-0.39, 0.29) is 42.8 Å². The summed E-state index contributed by atoms with van der Waals surface area (Å²) in [5.41, 5.74) is 0. The summed E-state index contributed by atoms with van der Waals surface area (Å²) in [6.45, 7) is 6.29. The van der Waals surface area contributed by atoms with Crippen LogP contribution in [0.15, 0.2) is 0 Å². The maximum atomic E-state index is 11.8. The highest BCUT2D eigenvalue weighted by atomic mass is 16.5. The zero-order valence-electron chi connectivity index (χ0n) is 10.3. The molecule has 2 unspecified atom stereocenters. The number of ketones is 2. The maximum absolute atomic E-state index is 11.8. The zero-order chi connectivity index (χ0) is 12.1. The fourth-order valence-electron chi connectivity index (χ4n) is 1.88. The largest absolute Gasteiger partial charge is 0.370 e. The lowest BCUT2D eigenvalue weighted by Gasteiger charge is -2.19. The van der Waals surface area contributed by atoms with Gasteiger partial charge < -0.3 is 10.1 Å². The number of rotatable bonds is 2. The number of carbonyl (C=O) groups is 2. The first kappa shape index (κ1) is 13.3. The highest BCUT2D eigenvalue weighted by molar-refractivity contribution is 5.87. The third kappa shape index (κ3) is 3.68. The van der Waals surface area contributed by atoms with Crippen LogP contribution in [0.5, 0.6) is 0 Å². The van der Waals surface area contributed by atoms with E-state index >= 15 is 0 Å². The number of Topliss-reactive ketones (excluding diaryl/α,β-unsaturated/α-hetero) is 2. The first-order chi connectivity index (χ1) is 7.54. The number of ether oxygens (including phenoxy) is 1. The molecule has 2 atom stereocenters. The van der Waals surface area contributed by atoms with Crippen molar-refractivity contribution in [2.45, 2.75) is 45.8 Å². The van der Waals surface area contributed by atoms with Gasteiger partial charge in [-0.1, -0.05) is 20.8 Å². The summed E-state index contributed by atoms with van der Waals surface area (Å²) in [6, 6.07) is -0.264. The number of hydrogen-bond acceptors (Lipinski definition) is 4. The molecule has 92 valence electrons. The molecule has 0 bridgehead atoms. The molecule has 1 N–H and O–H groups in total. The lowest BCUT2D eigenvalue weighted by atomic mass is 10.0. The molecule has 0 aromatic rings. The molecule has 0 amide bonds. The van der Waals surface area contributed by atoms with E-state index < -0.39 is 0 Å². The van der Waals surface area contributed by atoms with E-state index in [0.29, 0.717) is 6.42 Å². The molecule has 1 aliphatic heterocycles. The second-order valence-corrected chi connectivity index (χ2v) is 4.65. The molecule has 1 rings (SSSR count). The third-order valence-electron chi connectivity index (χ3n) is 2.90. The van der Waals surface area contributed by atoms with Gasteiger partial charge in [0.2, 0.25) is 0 Å². The van der Waals surface area contributed by atoms with Crippen molar-refractivity contribution in [2.75, 3.05) is 13.2 Å². The van der Waals surface area contributed by atoms with E-state index in [1.165, 1.54) is 0 Å². The van der Waals surface area contributed by atoms with Crippen LogP contribution in [0.3, 0.4) is 0 Å². The van der Waals surface area contributed by atoms with E-state index in [1.807, 2.05) is 20.8 Å². The quantitative estimate of drug-likeness (QED) is 0.762. The molecular formula is C12H21NO3. The van der Waals surface area contributed by atoms with Crippen LogP contribution in [0.2, 0.25) is 0 Å². The van der Waals surface area contributed by atoms with Gasteiger partial charge in [-0.3, -0.25) is 9.59 Å². The highest BCUT2D eigenvalue weighted by Gasteiger charge is 2.26. The van der Waals surface area contributed by atoms with Crippen molar-refractivity contribution in [3.63, 3.8) is 0 Å². The fourth-order valence-corrected chi connectivity index (χ4v) is 1.88. The van der Waals surface area contributed by atoms with Gasteiger partial charge in [-0.25, -0.2) is 0 Å². The molecular weight excluding hydrogens is 206 g/mol. The highest BCUT2D eigenvalue weighted by Crippen LogP contribution is 2.10. The predicted molar refractivity (Wildman–Crippen MR) is 61.3 cm³/mol. The SMILES string of the molecule is CCC1CC(=O)CNC(C(C)C)C(=O)CO1. The van der Waals surface area contributed by atoms with E-state index in [4.69, 9.17) is 4.74 Å². The molecule has 1 heterocycles. The molecule has 4 nitrogen and oxygen atoms in total. The lowest BCUT2D eigenvalue weighted by molar-refractivity contribution is -0.129. The Morgan fingerprint density at radius 2 is 2.12 bits per heavy atom. The van der Waals surface area contributed by atoms with Crippen LogP contribution in [0, 0.1) is 5.92 Å². The van der Waals surface area contributed by atoms with E-state index in [9.17, 15) is 9.59 Å². The van der Waals surface area contributed by atoms with E-state index in [0.717, 1.165) is 6.42 Å². The van der Waals surface area contributed by atoms with Crippen LogP contribution in [0.25, 0.3) is 0 Å². The summed E-state index contributed by atoms with van der Waals surface area (Å²) in [7, 11) is 0. The molecule has 0 radical (unpaired) electrons. The van der Waals surface area contributed by atoms with Crippen molar-refractivity contribution in [3.8, 4) is 0 Å². The maximum Gasteiger partial charge on any atom is 0.175 e. The Morgan fingerprint density at radius 3 is 2.69 bits per heavy atom. The van der Waals surface area contributed by atoms with Crippen LogP contribution in [0.1, 0.15) is 33.6 Å². The van der Waals surface area contributed by atoms with Gasteiger partial charge in [-0.05, 0) is 12.3 Å². The van der Waals surface area contributed by atoms with Gasteiger partial charge >= 0.3 is 0 Å². The molecule has 1 fully saturated rings.